The average molecular weight is 130 g/mol. The zero-order chi connectivity index (χ0) is 6.85. The fourth-order valence-electron chi connectivity index (χ4n) is 0.658. The lowest BCUT2D eigenvalue weighted by molar-refractivity contribution is 0.829. The molecular formula is C6H14N2O. The molecule has 1 rings (SSSR count). The van der Waals surface area contributed by atoms with Gasteiger partial charge in [-0.1, -0.05) is 13.8 Å². The van der Waals surface area contributed by atoms with Gasteiger partial charge in [0.15, 0.2) is 0 Å². The topological polar surface area (TPSA) is 48.6 Å². The van der Waals surface area contributed by atoms with Crippen LogP contribution < -0.4 is 5.69 Å². The van der Waals surface area contributed by atoms with Gasteiger partial charge in [-0.15, -0.1) is 0 Å². The molecule has 0 aliphatic carbocycles. The highest BCUT2D eigenvalue weighted by molar-refractivity contribution is 4.99. The van der Waals surface area contributed by atoms with E-state index in [4.69, 9.17) is 0 Å². The maximum absolute atomic E-state index is 10.5. The van der Waals surface area contributed by atoms with Crippen LogP contribution in [0.4, 0.5) is 0 Å². The van der Waals surface area contributed by atoms with Crippen molar-refractivity contribution in [2.45, 2.75) is 19.8 Å². The number of hydrogen-bond donors (Lipinski definition) is 2. The zero-order valence-corrected chi connectivity index (χ0v) is 5.56. The Morgan fingerprint density at radius 1 is 1.67 bits per heavy atom. The zero-order valence-electron chi connectivity index (χ0n) is 5.56. The molecule has 0 fully saturated rings. The van der Waals surface area contributed by atoms with E-state index >= 15 is 0 Å². The highest BCUT2D eigenvalue weighted by Crippen LogP contribution is 2.05. The molecule has 1 aromatic heterocycles. The lowest BCUT2D eigenvalue weighted by Gasteiger charge is -1.95. The van der Waals surface area contributed by atoms with E-state index in [2.05, 4.69) is 9.97 Å². The number of imidazole rings is 1. The minimum absolute atomic E-state index is 0. The van der Waals surface area contributed by atoms with Crippen molar-refractivity contribution < 1.29 is 2.85 Å². The van der Waals surface area contributed by atoms with Crippen LogP contribution in [-0.2, 0) is 0 Å². The molecule has 0 aliphatic heterocycles. The van der Waals surface area contributed by atoms with Crippen molar-refractivity contribution in [1.29, 1.82) is 0 Å². The van der Waals surface area contributed by atoms with E-state index in [1.165, 1.54) is 0 Å². The molecule has 0 atom stereocenters. The van der Waals surface area contributed by atoms with Gasteiger partial charge in [-0.2, -0.15) is 0 Å². The van der Waals surface area contributed by atoms with Crippen LogP contribution in [0.15, 0.2) is 11.0 Å². The number of nitrogens with one attached hydrogen (secondary N) is 2. The molecule has 0 spiro atoms. The van der Waals surface area contributed by atoms with Crippen molar-refractivity contribution in [3.63, 3.8) is 0 Å². The fourth-order valence-corrected chi connectivity index (χ4v) is 0.658. The van der Waals surface area contributed by atoms with E-state index in [1.54, 1.807) is 6.20 Å². The summed E-state index contributed by atoms with van der Waals surface area (Å²) in [4.78, 5) is 15.7. The summed E-state index contributed by atoms with van der Waals surface area (Å²) in [7, 11) is 0. The molecule has 0 aliphatic rings. The highest BCUT2D eigenvalue weighted by atomic mass is 16.1. The molecule has 0 saturated carbocycles. The molecule has 1 heterocycles. The first-order chi connectivity index (χ1) is 4.20. The predicted molar refractivity (Wildman–Crippen MR) is 39.7 cm³/mol. The number of rotatable bonds is 1. The van der Waals surface area contributed by atoms with Crippen LogP contribution in [-0.4, -0.2) is 9.97 Å². The van der Waals surface area contributed by atoms with Gasteiger partial charge in [-0.3, -0.25) is 0 Å². The predicted octanol–water partition coefficient (Wildman–Crippen LogP) is 1.32. The van der Waals surface area contributed by atoms with Crippen LogP contribution in [0.2, 0.25) is 0 Å². The number of aromatic amines is 2. The summed E-state index contributed by atoms with van der Waals surface area (Å²) in [5.41, 5.74) is 0.832. The molecule has 0 radical (unpaired) electrons. The third kappa shape index (κ3) is 1.22. The van der Waals surface area contributed by atoms with E-state index < -0.39 is 0 Å². The monoisotopic (exact) mass is 130 g/mol. The summed E-state index contributed by atoms with van der Waals surface area (Å²) in [5.74, 6) is 0.393. The van der Waals surface area contributed by atoms with Gasteiger partial charge in [-0.05, 0) is 5.92 Å². The lowest BCUT2D eigenvalue weighted by Crippen LogP contribution is -2.01. The van der Waals surface area contributed by atoms with E-state index in [0.29, 0.717) is 5.92 Å². The smallest absolute Gasteiger partial charge is 0.313 e. The molecule has 0 saturated heterocycles. The minimum Gasteiger partial charge on any atom is -0.313 e. The fraction of sp³-hybridized carbons (Fsp3) is 0.500. The molecule has 0 unspecified atom stereocenters. The van der Waals surface area contributed by atoms with Crippen molar-refractivity contribution in [3.8, 4) is 0 Å². The van der Waals surface area contributed by atoms with Gasteiger partial charge in [0.05, 0.1) is 0 Å². The van der Waals surface area contributed by atoms with Crippen LogP contribution in [0.5, 0.6) is 0 Å². The third-order valence-corrected chi connectivity index (χ3v) is 1.24. The molecule has 9 heavy (non-hydrogen) atoms. The summed E-state index contributed by atoms with van der Waals surface area (Å²) in [6.07, 6.45) is 1.70. The number of aromatic nitrogens is 2. The van der Waals surface area contributed by atoms with Crippen molar-refractivity contribution >= 4 is 0 Å². The Hall–Kier alpha value is -0.990. The highest BCUT2D eigenvalue weighted by Gasteiger charge is 1.98. The summed E-state index contributed by atoms with van der Waals surface area (Å²) < 4.78 is 0. The van der Waals surface area contributed by atoms with Gasteiger partial charge in [0.1, 0.15) is 0 Å². The molecule has 0 amide bonds. The SMILES string of the molecule is CC(C)c1c[nH]c(=O)[nH]1.[HH].[HH]. The van der Waals surface area contributed by atoms with Gasteiger partial charge in [0, 0.05) is 14.7 Å². The first-order valence-electron chi connectivity index (χ1n) is 2.97. The molecule has 54 valence electrons. The Morgan fingerprint density at radius 3 is 2.56 bits per heavy atom. The van der Waals surface area contributed by atoms with Gasteiger partial charge in [-0.25, -0.2) is 4.79 Å². The van der Waals surface area contributed by atoms with Crippen molar-refractivity contribution in [2.75, 3.05) is 0 Å². The van der Waals surface area contributed by atoms with Crippen molar-refractivity contribution in [1.82, 2.24) is 9.97 Å². The maximum atomic E-state index is 10.5. The Labute approximate surface area is 56.1 Å². The standard InChI is InChI=1S/C6H10N2O.2H2/c1-4(2)5-3-7-6(9)8-5;;/h3-4H,1-2H3,(H2,7,8,9);2*1H. The Morgan fingerprint density at radius 2 is 2.33 bits per heavy atom. The first kappa shape index (κ1) is 6.13. The van der Waals surface area contributed by atoms with Crippen LogP contribution in [0.25, 0.3) is 0 Å². The molecule has 1 aromatic rings. The Bertz CT molecular complexity index is 241. The van der Waals surface area contributed by atoms with Gasteiger partial charge in [0.2, 0.25) is 0 Å². The minimum atomic E-state index is -0.126. The van der Waals surface area contributed by atoms with Crippen LogP contribution in [0.1, 0.15) is 28.3 Å². The molecule has 3 nitrogen and oxygen atoms in total. The first-order valence-corrected chi connectivity index (χ1v) is 2.97. The molecule has 2 N–H and O–H groups in total. The average Bonchev–Trinajstić information content (AvgIpc) is 2.14. The quantitative estimate of drug-likeness (QED) is 0.591. The summed E-state index contributed by atoms with van der Waals surface area (Å²) in [5, 5.41) is 0. The van der Waals surface area contributed by atoms with Crippen molar-refractivity contribution in [2.24, 2.45) is 0 Å². The summed E-state index contributed by atoms with van der Waals surface area (Å²) >= 11 is 0. The van der Waals surface area contributed by atoms with Gasteiger partial charge >= 0.3 is 5.69 Å². The Kier molecular flexibility index (Phi) is 1.42. The van der Waals surface area contributed by atoms with E-state index in [-0.39, 0.29) is 8.54 Å². The second-order valence-electron chi connectivity index (χ2n) is 2.35. The van der Waals surface area contributed by atoms with E-state index in [1.807, 2.05) is 13.8 Å². The maximum Gasteiger partial charge on any atom is 0.323 e. The van der Waals surface area contributed by atoms with Crippen molar-refractivity contribution in [3.05, 3.63) is 22.4 Å². The second-order valence-corrected chi connectivity index (χ2v) is 2.35. The molecule has 3 heteroatoms. The summed E-state index contributed by atoms with van der Waals surface area (Å²) in [6.45, 7) is 4.05. The molecule has 0 aromatic carbocycles. The number of H-pyrrole nitrogens is 2. The van der Waals surface area contributed by atoms with E-state index in [0.717, 1.165) is 5.69 Å². The normalized spacial score (nSPS) is 10.6. The van der Waals surface area contributed by atoms with E-state index in [9.17, 15) is 4.79 Å². The number of hydrogen-bond acceptors (Lipinski definition) is 1. The Balaban J connectivity index is 0. The van der Waals surface area contributed by atoms with Gasteiger partial charge < -0.3 is 9.97 Å². The molecular weight excluding hydrogens is 116 g/mol. The van der Waals surface area contributed by atoms with Crippen LogP contribution in [0.3, 0.4) is 0 Å². The largest absolute Gasteiger partial charge is 0.323 e. The molecule has 0 bridgehead atoms. The van der Waals surface area contributed by atoms with Crippen LogP contribution in [0, 0.1) is 0 Å². The lowest BCUT2D eigenvalue weighted by atomic mass is 10.2. The summed E-state index contributed by atoms with van der Waals surface area (Å²) in [6, 6.07) is 0. The van der Waals surface area contributed by atoms with Crippen LogP contribution >= 0.6 is 0 Å². The van der Waals surface area contributed by atoms with Gasteiger partial charge in [0.25, 0.3) is 0 Å². The second kappa shape index (κ2) is 2.09. The third-order valence-electron chi connectivity index (χ3n) is 1.24.